The summed E-state index contributed by atoms with van der Waals surface area (Å²) in [5.74, 6) is -0.817. The Morgan fingerprint density at radius 2 is 2.05 bits per heavy atom. The van der Waals surface area contributed by atoms with Crippen LogP contribution in [-0.2, 0) is 11.3 Å². The zero-order valence-electron chi connectivity index (χ0n) is 11.5. The lowest BCUT2D eigenvalue weighted by atomic mass is 10.0. The van der Waals surface area contributed by atoms with Gasteiger partial charge < -0.3 is 9.52 Å². The van der Waals surface area contributed by atoms with Crippen molar-refractivity contribution < 1.29 is 14.3 Å². The molecular weight excluding hydrogens is 242 g/mol. The predicted molar refractivity (Wildman–Crippen MR) is 74.0 cm³/mol. The van der Waals surface area contributed by atoms with Crippen LogP contribution < -0.4 is 0 Å². The molecule has 4 nitrogen and oxygen atoms in total. The second-order valence-corrected chi connectivity index (χ2v) is 5.14. The maximum Gasteiger partial charge on any atom is 0.323 e. The molecule has 0 aliphatic rings. The van der Waals surface area contributed by atoms with Gasteiger partial charge in [0.05, 0.1) is 6.26 Å². The van der Waals surface area contributed by atoms with Gasteiger partial charge in [-0.1, -0.05) is 25.1 Å². The summed E-state index contributed by atoms with van der Waals surface area (Å²) in [6, 6.07) is 7.79. The Balaban J connectivity index is 2.31. The van der Waals surface area contributed by atoms with Crippen molar-refractivity contribution in [3.63, 3.8) is 0 Å². The molecule has 0 amide bonds. The van der Waals surface area contributed by atoms with Gasteiger partial charge in [0.1, 0.15) is 11.1 Å². The number of benzene rings is 1. The van der Waals surface area contributed by atoms with Crippen molar-refractivity contribution in [3.05, 3.63) is 36.1 Å². The van der Waals surface area contributed by atoms with Gasteiger partial charge in [-0.15, -0.1) is 0 Å². The van der Waals surface area contributed by atoms with E-state index in [1.165, 1.54) is 0 Å². The van der Waals surface area contributed by atoms with Gasteiger partial charge in [-0.05, 0) is 26.5 Å². The topological polar surface area (TPSA) is 53.7 Å². The highest BCUT2D eigenvalue weighted by Crippen LogP contribution is 2.25. The molecule has 4 heteroatoms. The number of likely N-dealkylation sites (N-methyl/N-ethyl adjacent to an activating group) is 1. The SMILES string of the molecule is CCN(Cc1coc2ccccc12)C(C)(C)C(=O)O. The number of carboxylic acid groups (broad SMARTS) is 1. The Labute approximate surface area is 112 Å². The molecule has 1 N–H and O–H groups in total. The lowest BCUT2D eigenvalue weighted by Crippen LogP contribution is -2.49. The zero-order chi connectivity index (χ0) is 14.0. The van der Waals surface area contributed by atoms with E-state index in [0.717, 1.165) is 16.5 Å². The minimum Gasteiger partial charge on any atom is -0.480 e. The highest BCUT2D eigenvalue weighted by atomic mass is 16.4. The fraction of sp³-hybridized carbons (Fsp3) is 0.400. The monoisotopic (exact) mass is 261 g/mol. The van der Waals surface area contributed by atoms with E-state index in [4.69, 9.17) is 4.42 Å². The van der Waals surface area contributed by atoms with Gasteiger partial charge in [-0.25, -0.2) is 0 Å². The molecule has 2 aromatic rings. The van der Waals surface area contributed by atoms with Crippen molar-refractivity contribution in [2.75, 3.05) is 6.54 Å². The van der Waals surface area contributed by atoms with Crippen LogP contribution in [0.3, 0.4) is 0 Å². The summed E-state index contributed by atoms with van der Waals surface area (Å²) in [4.78, 5) is 13.3. The second-order valence-electron chi connectivity index (χ2n) is 5.14. The maximum absolute atomic E-state index is 11.3. The number of carbonyl (C=O) groups is 1. The molecule has 1 aromatic heterocycles. The Hall–Kier alpha value is -1.81. The third-order valence-electron chi connectivity index (χ3n) is 3.62. The van der Waals surface area contributed by atoms with Crippen molar-refractivity contribution in [2.24, 2.45) is 0 Å². The molecule has 0 fully saturated rings. The van der Waals surface area contributed by atoms with E-state index in [0.29, 0.717) is 13.1 Å². The van der Waals surface area contributed by atoms with Crippen molar-refractivity contribution >= 4 is 16.9 Å². The molecular formula is C15H19NO3. The van der Waals surface area contributed by atoms with Gasteiger partial charge >= 0.3 is 5.97 Å². The minimum atomic E-state index is -0.896. The van der Waals surface area contributed by atoms with Crippen LogP contribution in [0.1, 0.15) is 26.3 Å². The Kier molecular flexibility index (Phi) is 3.62. The van der Waals surface area contributed by atoms with Crippen LogP contribution in [0.25, 0.3) is 11.0 Å². The maximum atomic E-state index is 11.3. The highest BCUT2D eigenvalue weighted by molar-refractivity contribution is 5.81. The van der Waals surface area contributed by atoms with E-state index < -0.39 is 11.5 Å². The molecule has 0 radical (unpaired) electrons. The molecule has 0 saturated heterocycles. The van der Waals surface area contributed by atoms with Crippen molar-refractivity contribution in [2.45, 2.75) is 32.9 Å². The molecule has 0 aliphatic heterocycles. The van der Waals surface area contributed by atoms with Crippen molar-refractivity contribution in [1.82, 2.24) is 4.90 Å². The lowest BCUT2D eigenvalue weighted by Gasteiger charge is -2.33. The van der Waals surface area contributed by atoms with Gasteiger partial charge in [0.2, 0.25) is 0 Å². The summed E-state index contributed by atoms with van der Waals surface area (Å²) in [5, 5.41) is 10.4. The number of furan rings is 1. The van der Waals surface area contributed by atoms with Crippen LogP contribution in [0, 0.1) is 0 Å². The first-order valence-corrected chi connectivity index (χ1v) is 6.40. The summed E-state index contributed by atoms with van der Waals surface area (Å²) in [6.07, 6.45) is 1.71. The van der Waals surface area contributed by atoms with E-state index in [2.05, 4.69) is 0 Å². The van der Waals surface area contributed by atoms with Gasteiger partial charge in [-0.3, -0.25) is 9.69 Å². The average Bonchev–Trinajstić information content (AvgIpc) is 2.78. The average molecular weight is 261 g/mol. The molecule has 0 spiro atoms. The number of hydrogen-bond acceptors (Lipinski definition) is 3. The van der Waals surface area contributed by atoms with E-state index in [1.54, 1.807) is 20.1 Å². The molecule has 102 valence electrons. The summed E-state index contributed by atoms with van der Waals surface area (Å²) < 4.78 is 5.49. The minimum absolute atomic E-state index is 0.562. The van der Waals surface area contributed by atoms with Gasteiger partial charge in [0.15, 0.2) is 0 Å². The Morgan fingerprint density at radius 1 is 1.37 bits per heavy atom. The van der Waals surface area contributed by atoms with E-state index in [-0.39, 0.29) is 0 Å². The number of hydrogen-bond donors (Lipinski definition) is 1. The number of nitrogens with zero attached hydrogens (tertiary/aromatic N) is 1. The standard InChI is InChI=1S/C15H19NO3/c1-4-16(15(2,3)14(17)18)9-11-10-19-13-8-6-5-7-12(11)13/h5-8,10H,4,9H2,1-3H3,(H,17,18). The van der Waals surface area contributed by atoms with E-state index in [1.807, 2.05) is 36.1 Å². The van der Waals surface area contributed by atoms with Crippen molar-refractivity contribution in [1.29, 1.82) is 0 Å². The third-order valence-corrected chi connectivity index (χ3v) is 3.62. The smallest absolute Gasteiger partial charge is 0.323 e. The molecule has 0 saturated carbocycles. The number of rotatable bonds is 5. The highest BCUT2D eigenvalue weighted by Gasteiger charge is 2.33. The van der Waals surface area contributed by atoms with Crippen LogP contribution in [0.4, 0.5) is 0 Å². The summed E-state index contributed by atoms with van der Waals surface area (Å²) >= 11 is 0. The number of carboxylic acids is 1. The number of para-hydroxylation sites is 1. The largest absolute Gasteiger partial charge is 0.480 e. The lowest BCUT2D eigenvalue weighted by molar-refractivity contribution is -0.149. The molecule has 0 bridgehead atoms. The van der Waals surface area contributed by atoms with Gasteiger partial charge in [0.25, 0.3) is 0 Å². The zero-order valence-corrected chi connectivity index (χ0v) is 11.5. The first-order chi connectivity index (χ1) is 8.96. The fourth-order valence-electron chi connectivity index (χ4n) is 2.20. The second kappa shape index (κ2) is 5.05. The molecule has 19 heavy (non-hydrogen) atoms. The number of aliphatic carboxylic acids is 1. The Bertz CT molecular complexity index is 586. The van der Waals surface area contributed by atoms with Crippen LogP contribution in [0.15, 0.2) is 34.9 Å². The molecule has 0 atom stereocenters. The van der Waals surface area contributed by atoms with Crippen LogP contribution in [0.2, 0.25) is 0 Å². The van der Waals surface area contributed by atoms with E-state index >= 15 is 0 Å². The van der Waals surface area contributed by atoms with Gasteiger partial charge in [0, 0.05) is 17.5 Å². The van der Waals surface area contributed by atoms with Crippen LogP contribution >= 0.6 is 0 Å². The molecule has 0 aliphatic carbocycles. The van der Waals surface area contributed by atoms with Gasteiger partial charge in [-0.2, -0.15) is 0 Å². The van der Waals surface area contributed by atoms with E-state index in [9.17, 15) is 9.90 Å². The third kappa shape index (κ3) is 2.49. The fourth-order valence-corrected chi connectivity index (χ4v) is 2.20. The van der Waals surface area contributed by atoms with Crippen molar-refractivity contribution in [3.8, 4) is 0 Å². The van der Waals surface area contributed by atoms with Crippen LogP contribution in [0.5, 0.6) is 0 Å². The quantitative estimate of drug-likeness (QED) is 0.898. The first kappa shape index (κ1) is 13.6. The molecule has 2 rings (SSSR count). The molecule has 0 unspecified atom stereocenters. The normalized spacial score (nSPS) is 12.2. The first-order valence-electron chi connectivity index (χ1n) is 6.40. The van der Waals surface area contributed by atoms with Crippen LogP contribution in [-0.4, -0.2) is 28.1 Å². The number of fused-ring (bicyclic) bond motifs is 1. The molecule has 1 heterocycles. The summed E-state index contributed by atoms with van der Waals surface area (Å²) in [5.41, 5.74) is 0.959. The summed E-state index contributed by atoms with van der Waals surface area (Å²) in [7, 11) is 0. The Morgan fingerprint density at radius 3 is 2.68 bits per heavy atom. The predicted octanol–water partition coefficient (Wildman–Crippen LogP) is 3.12. The molecule has 1 aromatic carbocycles. The summed E-state index contributed by atoms with van der Waals surface area (Å²) in [6.45, 7) is 6.64.